The first kappa shape index (κ1) is 12.6. The van der Waals surface area contributed by atoms with Crippen molar-refractivity contribution in [2.45, 2.75) is 6.92 Å². The van der Waals surface area contributed by atoms with Crippen molar-refractivity contribution in [3.63, 3.8) is 0 Å². The van der Waals surface area contributed by atoms with Crippen molar-refractivity contribution < 1.29 is 9.63 Å². The first-order valence-corrected chi connectivity index (χ1v) is 6.28. The van der Waals surface area contributed by atoms with Crippen molar-refractivity contribution in [3.8, 4) is 28.7 Å². The predicted molar refractivity (Wildman–Crippen MR) is 74.4 cm³/mol. The summed E-state index contributed by atoms with van der Waals surface area (Å²) in [5.41, 5.74) is 1.66. The molecule has 0 atom stereocenters. The Balaban J connectivity index is 2.07. The maximum atomic E-state index is 10.0. The number of benzene rings is 1. The van der Waals surface area contributed by atoms with Crippen LogP contribution in [0.3, 0.4) is 0 Å². The van der Waals surface area contributed by atoms with E-state index in [-0.39, 0.29) is 17.5 Å². The van der Waals surface area contributed by atoms with E-state index >= 15 is 0 Å². The molecule has 0 saturated carbocycles. The summed E-state index contributed by atoms with van der Waals surface area (Å²) in [4.78, 5) is 8.34. The highest BCUT2D eigenvalue weighted by Gasteiger charge is 2.17. The Morgan fingerprint density at radius 2 is 2.05 bits per heavy atom. The molecule has 2 aromatic heterocycles. The van der Waals surface area contributed by atoms with Crippen LogP contribution in [0.4, 0.5) is 0 Å². The van der Waals surface area contributed by atoms with E-state index in [2.05, 4.69) is 15.1 Å². The molecule has 6 heteroatoms. The van der Waals surface area contributed by atoms with Gasteiger partial charge in [-0.15, -0.1) is 0 Å². The van der Waals surface area contributed by atoms with E-state index < -0.39 is 0 Å². The standard InChI is InChI=1S/C14H10ClN3O2/c1-8-4-2-5-9(12(8)19)14-17-13(18-20-14)11-10(15)6-3-7-16-11/h2-7,19H,1H3. The molecule has 3 aromatic rings. The molecular formula is C14H10ClN3O2. The summed E-state index contributed by atoms with van der Waals surface area (Å²) >= 11 is 6.04. The number of phenols is 1. The van der Waals surface area contributed by atoms with Crippen molar-refractivity contribution in [2.75, 3.05) is 0 Å². The lowest BCUT2D eigenvalue weighted by molar-refractivity contribution is 0.425. The van der Waals surface area contributed by atoms with Gasteiger partial charge in [-0.05, 0) is 30.7 Å². The third-order valence-electron chi connectivity index (χ3n) is 2.86. The maximum Gasteiger partial charge on any atom is 0.262 e. The summed E-state index contributed by atoms with van der Waals surface area (Å²) in [5.74, 6) is 0.629. The van der Waals surface area contributed by atoms with Gasteiger partial charge in [0, 0.05) is 6.20 Å². The van der Waals surface area contributed by atoms with Gasteiger partial charge in [0.15, 0.2) is 0 Å². The van der Waals surface area contributed by atoms with Crippen molar-refractivity contribution in [2.24, 2.45) is 0 Å². The van der Waals surface area contributed by atoms with Gasteiger partial charge in [0.1, 0.15) is 11.4 Å². The monoisotopic (exact) mass is 287 g/mol. The number of aryl methyl sites for hydroxylation is 1. The third kappa shape index (κ3) is 2.12. The minimum Gasteiger partial charge on any atom is -0.507 e. The molecule has 0 spiro atoms. The molecule has 0 aliphatic heterocycles. The topological polar surface area (TPSA) is 72.0 Å². The highest BCUT2D eigenvalue weighted by Crippen LogP contribution is 2.32. The predicted octanol–water partition coefficient (Wildman–Crippen LogP) is 3.47. The zero-order chi connectivity index (χ0) is 14.1. The molecule has 2 heterocycles. The van der Waals surface area contributed by atoms with Gasteiger partial charge >= 0.3 is 0 Å². The first-order chi connectivity index (χ1) is 9.66. The number of pyridine rings is 1. The van der Waals surface area contributed by atoms with Crippen molar-refractivity contribution >= 4 is 11.6 Å². The average Bonchev–Trinajstić information content (AvgIpc) is 2.92. The van der Waals surface area contributed by atoms with E-state index in [4.69, 9.17) is 16.1 Å². The zero-order valence-corrected chi connectivity index (χ0v) is 11.3. The van der Waals surface area contributed by atoms with Crippen LogP contribution in [0.2, 0.25) is 5.02 Å². The number of phenolic OH excluding ortho intramolecular Hbond substituents is 1. The van der Waals surface area contributed by atoms with Crippen molar-refractivity contribution in [1.82, 2.24) is 15.1 Å². The van der Waals surface area contributed by atoms with Crippen LogP contribution in [0.5, 0.6) is 5.75 Å². The smallest absolute Gasteiger partial charge is 0.262 e. The minimum atomic E-state index is 0.120. The highest BCUT2D eigenvalue weighted by molar-refractivity contribution is 6.32. The van der Waals surface area contributed by atoms with Crippen LogP contribution >= 0.6 is 11.6 Å². The van der Waals surface area contributed by atoms with Crippen molar-refractivity contribution in [1.29, 1.82) is 0 Å². The molecule has 0 fully saturated rings. The lowest BCUT2D eigenvalue weighted by Crippen LogP contribution is -1.87. The molecule has 3 rings (SSSR count). The Bertz CT molecular complexity index is 771. The molecule has 0 aliphatic rings. The molecule has 0 aliphatic carbocycles. The normalized spacial score (nSPS) is 10.7. The number of halogens is 1. The van der Waals surface area contributed by atoms with E-state index in [1.54, 1.807) is 37.4 Å². The second-order valence-corrected chi connectivity index (χ2v) is 4.64. The maximum absolute atomic E-state index is 10.0. The molecule has 5 nitrogen and oxygen atoms in total. The lowest BCUT2D eigenvalue weighted by atomic mass is 10.1. The number of aromatic nitrogens is 3. The fourth-order valence-corrected chi connectivity index (χ4v) is 2.02. The Labute approximate surface area is 119 Å². The molecule has 1 aromatic carbocycles. The largest absolute Gasteiger partial charge is 0.507 e. The second kappa shape index (κ2) is 4.94. The van der Waals surface area contributed by atoms with E-state index in [1.807, 2.05) is 6.07 Å². The van der Waals surface area contributed by atoms with Crippen LogP contribution < -0.4 is 0 Å². The van der Waals surface area contributed by atoms with Gasteiger partial charge in [-0.25, -0.2) is 0 Å². The summed E-state index contributed by atoms with van der Waals surface area (Å²) in [6.45, 7) is 1.80. The molecule has 20 heavy (non-hydrogen) atoms. The van der Waals surface area contributed by atoms with Gasteiger partial charge in [0.25, 0.3) is 5.89 Å². The highest BCUT2D eigenvalue weighted by atomic mass is 35.5. The van der Waals surface area contributed by atoms with Gasteiger partial charge in [-0.2, -0.15) is 4.98 Å². The van der Waals surface area contributed by atoms with Gasteiger partial charge in [0.05, 0.1) is 10.6 Å². The average molecular weight is 288 g/mol. The molecule has 0 radical (unpaired) electrons. The number of para-hydroxylation sites is 1. The summed E-state index contributed by atoms with van der Waals surface area (Å²) in [6, 6.07) is 8.73. The minimum absolute atomic E-state index is 0.120. The summed E-state index contributed by atoms with van der Waals surface area (Å²) < 4.78 is 5.18. The molecule has 0 unspecified atom stereocenters. The summed E-state index contributed by atoms with van der Waals surface area (Å²) in [7, 11) is 0. The number of nitrogens with zero attached hydrogens (tertiary/aromatic N) is 3. The molecular weight excluding hydrogens is 278 g/mol. The summed E-state index contributed by atoms with van der Waals surface area (Å²) in [6.07, 6.45) is 1.60. The van der Waals surface area contributed by atoms with E-state index in [0.717, 1.165) is 5.56 Å². The Hall–Kier alpha value is -2.40. The molecule has 0 saturated heterocycles. The van der Waals surface area contributed by atoms with E-state index in [9.17, 15) is 5.11 Å². The number of rotatable bonds is 2. The van der Waals surface area contributed by atoms with E-state index in [1.165, 1.54) is 0 Å². The second-order valence-electron chi connectivity index (χ2n) is 4.23. The summed E-state index contributed by atoms with van der Waals surface area (Å²) in [5, 5.41) is 14.3. The molecule has 0 bridgehead atoms. The third-order valence-corrected chi connectivity index (χ3v) is 3.17. The first-order valence-electron chi connectivity index (χ1n) is 5.90. The SMILES string of the molecule is Cc1cccc(-c2nc(-c3ncccc3Cl)no2)c1O. The lowest BCUT2D eigenvalue weighted by Gasteiger charge is -2.01. The van der Waals surface area contributed by atoms with Crippen LogP contribution in [0, 0.1) is 6.92 Å². The Morgan fingerprint density at radius 3 is 2.85 bits per heavy atom. The van der Waals surface area contributed by atoms with Gasteiger partial charge in [-0.3, -0.25) is 4.98 Å². The van der Waals surface area contributed by atoms with Crippen LogP contribution in [-0.2, 0) is 0 Å². The van der Waals surface area contributed by atoms with E-state index in [0.29, 0.717) is 16.3 Å². The van der Waals surface area contributed by atoms with Gasteiger partial charge in [-0.1, -0.05) is 28.9 Å². The van der Waals surface area contributed by atoms with Gasteiger partial charge in [0.2, 0.25) is 5.82 Å². The van der Waals surface area contributed by atoms with Crippen LogP contribution in [0.15, 0.2) is 41.1 Å². The van der Waals surface area contributed by atoms with Crippen LogP contribution in [-0.4, -0.2) is 20.2 Å². The number of hydrogen-bond donors (Lipinski definition) is 1. The van der Waals surface area contributed by atoms with Crippen LogP contribution in [0.25, 0.3) is 23.0 Å². The fourth-order valence-electron chi connectivity index (χ4n) is 1.81. The molecule has 1 N–H and O–H groups in total. The van der Waals surface area contributed by atoms with Gasteiger partial charge < -0.3 is 9.63 Å². The molecule has 0 amide bonds. The van der Waals surface area contributed by atoms with Crippen LogP contribution in [0.1, 0.15) is 5.56 Å². The Morgan fingerprint density at radius 1 is 1.20 bits per heavy atom. The fraction of sp³-hybridized carbons (Fsp3) is 0.0714. The molecule has 100 valence electrons. The Kier molecular flexibility index (Phi) is 3.12. The number of aromatic hydroxyl groups is 1. The quantitative estimate of drug-likeness (QED) is 0.781. The zero-order valence-electron chi connectivity index (χ0n) is 10.5. The number of hydrogen-bond acceptors (Lipinski definition) is 5. The van der Waals surface area contributed by atoms with Crippen molar-refractivity contribution in [3.05, 3.63) is 47.1 Å².